The number of hydrogen-bond donors (Lipinski definition) is 2. The van der Waals surface area contributed by atoms with Crippen LogP contribution in [0.4, 0.5) is 0 Å². The molecule has 0 spiro atoms. The van der Waals surface area contributed by atoms with Gasteiger partial charge in [-0.1, -0.05) is 6.42 Å². The Morgan fingerprint density at radius 1 is 1.33 bits per heavy atom. The van der Waals surface area contributed by atoms with Crippen LogP contribution < -0.4 is 10.9 Å². The summed E-state index contributed by atoms with van der Waals surface area (Å²) in [6, 6.07) is 0. The van der Waals surface area contributed by atoms with Crippen LogP contribution in [-0.4, -0.2) is 36.4 Å². The molecule has 0 saturated carbocycles. The molecule has 2 rings (SSSR count). The van der Waals surface area contributed by atoms with E-state index in [1.165, 1.54) is 26.2 Å². The molecule has 15 heavy (non-hydrogen) atoms. The summed E-state index contributed by atoms with van der Waals surface area (Å²) in [6.07, 6.45) is 4.46. The first-order valence-corrected chi connectivity index (χ1v) is 5.68. The number of hydrazine groups is 1. The quantitative estimate of drug-likeness (QED) is 0.641. The number of rotatable bonds is 2. The first-order chi connectivity index (χ1) is 7.23. The van der Waals surface area contributed by atoms with Gasteiger partial charge in [0.15, 0.2) is 0 Å². The van der Waals surface area contributed by atoms with Crippen LogP contribution in [0.5, 0.6) is 0 Å². The highest BCUT2D eigenvalue weighted by Gasteiger charge is 2.43. The van der Waals surface area contributed by atoms with Crippen molar-refractivity contribution in [1.29, 1.82) is 0 Å². The van der Waals surface area contributed by atoms with Crippen LogP contribution >= 0.6 is 0 Å². The van der Waals surface area contributed by atoms with Crippen molar-refractivity contribution < 1.29 is 9.53 Å². The molecule has 0 radical (unpaired) electrons. The number of nitrogens with one attached hydrogen (secondary N) is 2. The summed E-state index contributed by atoms with van der Waals surface area (Å²) in [6.45, 7) is 4.30. The van der Waals surface area contributed by atoms with E-state index in [0.717, 1.165) is 26.1 Å². The number of esters is 1. The summed E-state index contributed by atoms with van der Waals surface area (Å²) < 4.78 is 5.45. The van der Waals surface area contributed by atoms with Crippen molar-refractivity contribution in [1.82, 2.24) is 15.8 Å². The summed E-state index contributed by atoms with van der Waals surface area (Å²) in [5, 5.41) is 0. The maximum atomic E-state index is 11.1. The smallest absolute Gasteiger partial charge is 0.305 e. The molecule has 2 heterocycles. The minimum absolute atomic E-state index is 0.225. The zero-order chi connectivity index (χ0) is 10.7. The number of nitrogens with zero attached hydrogens (tertiary/aromatic N) is 1. The minimum atomic E-state index is -0.591. The average molecular weight is 213 g/mol. The second-order valence-electron chi connectivity index (χ2n) is 4.23. The van der Waals surface area contributed by atoms with Gasteiger partial charge in [0.2, 0.25) is 5.85 Å². The zero-order valence-corrected chi connectivity index (χ0v) is 9.21. The van der Waals surface area contributed by atoms with Gasteiger partial charge < -0.3 is 4.74 Å². The molecule has 0 aromatic rings. The monoisotopic (exact) mass is 213 g/mol. The molecular formula is C10H19N3O2. The molecule has 2 aliphatic heterocycles. The minimum Gasteiger partial charge on any atom is -0.429 e. The van der Waals surface area contributed by atoms with Gasteiger partial charge >= 0.3 is 5.97 Å². The molecule has 86 valence electrons. The Hall–Kier alpha value is -0.650. The van der Waals surface area contributed by atoms with Crippen LogP contribution in [0.15, 0.2) is 0 Å². The lowest BCUT2D eigenvalue weighted by Gasteiger charge is -2.41. The van der Waals surface area contributed by atoms with Crippen molar-refractivity contribution in [2.24, 2.45) is 0 Å². The van der Waals surface area contributed by atoms with Gasteiger partial charge in [-0.15, -0.1) is 0 Å². The molecule has 2 N–H and O–H groups in total. The second kappa shape index (κ2) is 4.47. The summed E-state index contributed by atoms with van der Waals surface area (Å²) in [7, 11) is 0. The molecule has 0 aromatic heterocycles. The molecule has 1 unspecified atom stereocenters. The third kappa shape index (κ3) is 2.30. The van der Waals surface area contributed by atoms with Gasteiger partial charge in [0.1, 0.15) is 0 Å². The SMILES string of the molecule is CC(=O)OC1(N2CCCCC2)CCNN1. The third-order valence-corrected chi connectivity index (χ3v) is 3.05. The maximum absolute atomic E-state index is 11.1. The lowest BCUT2D eigenvalue weighted by Crippen LogP contribution is -2.61. The summed E-state index contributed by atoms with van der Waals surface area (Å²) in [5.74, 6) is -0.816. The number of piperidine rings is 1. The van der Waals surface area contributed by atoms with Crippen molar-refractivity contribution >= 4 is 5.97 Å². The van der Waals surface area contributed by atoms with E-state index in [0.29, 0.717) is 0 Å². The Balaban J connectivity index is 2.06. The zero-order valence-electron chi connectivity index (χ0n) is 9.21. The van der Waals surface area contributed by atoms with Crippen LogP contribution in [-0.2, 0) is 9.53 Å². The first kappa shape index (κ1) is 10.9. The summed E-state index contributed by atoms with van der Waals surface area (Å²) >= 11 is 0. The highest BCUT2D eigenvalue weighted by molar-refractivity contribution is 5.66. The fourth-order valence-corrected chi connectivity index (χ4v) is 2.37. The predicted octanol–water partition coefficient (Wildman–Crippen LogP) is 0.187. The van der Waals surface area contributed by atoms with E-state index in [2.05, 4.69) is 15.8 Å². The molecule has 0 bridgehead atoms. The molecule has 0 aliphatic carbocycles. The van der Waals surface area contributed by atoms with Crippen molar-refractivity contribution in [3.05, 3.63) is 0 Å². The molecule has 2 saturated heterocycles. The highest BCUT2D eigenvalue weighted by Crippen LogP contribution is 2.25. The van der Waals surface area contributed by atoms with Crippen LogP contribution in [0.2, 0.25) is 0 Å². The van der Waals surface area contributed by atoms with Crippen molar-refractivity contribution in [2.75, 3.05) is 19.6 Å². The van der Waals surface area contributed by atoms with Crippen molar-refractivity contribution in [3.8, 4) is 0 Å². The standard InChI is InChI=1S/C10H19N3O2/c1-9(14)15-10(5-6-11-12-10)13-7-3-2-4-8-13/h11-12H,2-8H2,1H3. The van der Waals surface area contributed by atoms with E-state index < -0.39 is 5.85 Å². The number of hydrogen-bond acceptors (Lipinski definition) is 5. The fraction of sp³-hybridized carbons (Fsp3) is 0.900. The van der Waals surface area contributed by atoms with E-state index in [1.807, 2.05) is 0 Å². The van der Waals surface area contributed by atoms with Gasteiger partial charge in [-0.2, -0.15) is 0 Å². The molecule has 5 heteroatoms. The fourth-order valence-electron chi connectivity index (χ4n) is 2.37. The molecular weight excluding hydrogens is 194 g/mol. The topological polar surface area (TPSA) is 53.6 Å². The Morgan fingerprint density at radius 3 is 2.60 bits per heavy atom. The number of ether oxygens (including phenoxy) is 1. The van der Waals surface area contributed by atoms with Crippen LogP contribution in [0.1, 0.15) is 32.6 Å². The second-order valence-corrected chi connectivity index (χ2v) is 4.23. The molecule has 2 fully saturated rings. The molecule has 0 amide bonds. The highest BCUT2D eigenvalue weighted by atomic mass is 16.6. The molecule has 2 aliphatic rings. The van der Waals surface area contributed by atoms with Gasteiger partial charge in [0, 0.05) is 33.0 Å². The Labute approximate surface area is 90.1 Å². The lowest BCUT2D eigenvalue weighted by molar-refractivity contribution is -0.192. The van der Waals surface area contributed by atoms with E-state index in [4.69, 9.17) is 4.74 Å². The van der Waals surface area contributed by atoms with Crippen LogP contribution in [0.25, 0.3) is 0 Å². The van der Waals surface area contributed by atoms with Crippen LogP contribution in [0.3, 0.4) is 0 Å². The van der Waals surface area contributed by atoms with Gasteiger partial charge in [0.05, 0.1) is 0 Å². The van der Waals surface area contributed by atoms with Gasteiger partial charge in [-0.05, 0) is 12.8 Å². The Morgan fingerprint density at radius 2 is 2.07 bits per heavy atom. The summed E-state index contributed by atoms with van der Waals surface area (Å²) in [5.41, 5.74) is 6.15. The Bertz CT molecular complexity index is 233. The molecule has 1 atom stereocenters. The molecule has 5 nitrogen and oxygen atoms in total. The van der Waals surface area contributed by atoms with E-state index in [1.54, 1.807) is 0 Å². The largest absolute Gasteiger partial charge is 0.429 e. The normalized spacial score (nSPS) is 32.9. The lowest BCUT2D eigenvalue weighted by atomic mass is 10.1. The van der Waals surface area contributed by atoms with Gasteiger partial charge in [-0.25, -0.2) is 5.43 Å². The first-order valence-electron chi connectivity index (χ1n) is 5.68. The summed E-state index contributed by atoms with van der Waals surface area (Å²) in [4.78, 5) is 13.4. The Kier molecular flexibility index (Phi) is 3.23. The van der Waals surface area contributed by atoms with Crippen LogP contribution in [0, 0.1) is 0 Å². The van der Waals surface area contributed by atoms with E-state index in [-0.39, 0.29) is 5.97 Å². The average Bonchev–Trinajstić information content (AvgIpc) is 2.68. The van der Waals surface area contributed by atoms with E-state index in [9.17, 15) is 4.79 Å². The van der Waals surface area contributed by atoms with Gasteiger partial charge in [0.25, 0.3) is 0 Å². The number of carbonyl (C=O) groups is 1. The van der Waals surface area contributed by atoms with E-state index >= 15 is 0 Å². The number of likely N-dealkylation sites (tertiary alicyclic amines) is 1. The third-order valence-electron chi connectivity index (χ3n) is 3.05. The van der Waals surface area contributed by atoms with Crippen molar-refractivity contribution in [3.63, 3.8) is 0 Å². The molecule has 0 aromatic carbocycles. The van der Waals surface area contributed by atoms with Gasteiger partial charge in [-0.3, -0.25) is 15.1 Å². The predicted molar refractivity (Wildman–Crippen MR) is 55.7 cm³/mol. The van der Waals surface area contributed by atoms with Crippen molar-refractivity contribution in [2.45, 2.75) is 38.5 Å². The maximum Gasteiger partial charge on any atom is 0.305 e. The number of carbonyl (C=O) groups excluding carboxylic acids is 1.